The van der Waals surface area contributed by atoms with Crippen LogP contribution in [0.4, 0.5) is 0 Å². The van der Waals surface area contributed by atoms with Crippen molar-refractivity contribution in [2.75, 3.05) is 0 Å². The minimum absolute atomic E-state index is 0. The SMILES string of the molecule is CC(C)C[C@H](N)c1cccc(Cl)c1Cl.Cl. The fourth-order valence-corrected chi connectivity index (χ4v) is 1.89. The molecule has 1 atom stereocenters. The van der Waals surface area contributed by atoms with Crippen LogP contribution in [0, 0.1) is 5.92 Å². The molecular weight excluding hydrogens is 252 g/mol. The van der Waals surface area contributed by atoms with Gasteiger partial charge >= 0.3 is 0 Å². The van der Waals surface area contributed by atoms with E-state index in [2.05, 4.69) is 13.8 Å². The fourth-order valence-electron chi connectivity index (χ4n) is 1.44. The van der Waals surface area contributed by atoms with Crippen molar-refractivity contribution in [3.8, 4) is 0 Å². The number of nitrogens with two attached hydrogens (primary N) is 1. The summed E-state index contributed by atoms with van der Waals surface area (Å²) in [5, 5.41) is 1.16. The molecule has 1 nitrogen and oxygen atoms in total. The standard InChI is InChI=1S/C11H15Cl2N.ClH/c1-7(2)6-10(14)8-4-3-5-9(12)11(8)13;/h3-5,7,10H,6,14H2,1-2H3;1H/t10-;/m0./s1. The van der Waals surface area contributed by atoms with Gasteiger partial charge in [0, 0.05) is 6.04 Å². The highest BCUT2D eigenvalue weighted by atomic mass is 35.5. The van der Waals surface area contributed by atoms with Crippen molar-refractivity contribution < 1.29 is 0 Å². The lowest BCUT2D eigenvalue weighted by molar-refractivity contribution is 0.510. The van der Waals surface area contributed by atoms with Crippen molar-refractivity contribution in [1.29, 1.82) is 0 Å². The van der Waals surface area contributed by atoms with Crippen LogP contribution in [0.5, 0.6) is 0 Å². The molecule has 15 heavy (non-hydrogen) atoms. The van der Waals surface area contributed by atoms with E-state index >= 15 is 0 Å². The smallest absolute Gasteiger partial charge is 0.0640 e. The summed E-state index contributed by atoms with van der Waals surface area (Å²) in [6, 6.07) is 5.56. The van der Waals surface area contributed by atoms with Crippen LogP contribution in [0.2, 0.25) is 10.0 Å². The summed E-state index contributed by atoms with van der Waals surface area (Å²) >= 11 is 12.0. The second-order valence-electron chi connectivity index (χ2n) is 3.88. The molecule has 0 fully saturated rings. The van der Waals surface area contributed by atoms with Crippen LogP contribution < -0.4 is 5.73 Å². The molecule has 0 saturated carbocycles. The summed E-state index contributed by atoms with van der Waals surface area (Å²) in [7, 11) is 0. The Balaban J connectivity index is 0.00000196. The van der Waals surface area contributed by atoms with E-state index in [0.717, 1.165) is 12.0 Å². The molecule has 1 aromatic rings. The maximum absolute atomic E-state index is 6.06. The molecule has 0 amide bonds. The van der Waals surface area contributed by atoms with Gasteiger partial charge in [0.25, 0.3) is 0 Å². The molecule has 86 valence electrons. The van der Waals surface area contributed by atoms with Crippen molar-refractivity contribution in [2.24, 2.45) is 11.7 Å². The van der Waals surface area contributed by atoms with Crippen LogP contribution in [0.25, 0.3) is 0 Å². The second kappa shape index (κ2) is 6.59. The van der Waals surface area contributed by atoms with Gasteiger partial charge in [0.15, 0.2) is 0 Å². The van der Waals surface area contributed by atoms with Crippen LogP contribution >= 0.6 is 35.6 Å². The molecule has 0 unspecified atom stereocenters. The second-order valence-corrected chi connectivity index (χ2v) is 4.66. The first-order valence-electron chi connectivity index (χ1n) is 4.72. The Morgan fingerprint density at radius 1 is 1.27 bits per heavy atom. The van der Waals surface area contributed by atoms with Gasteiger partial charge in [0.05, 0.1) is 10.0 Å². The normalized spacial score (nSPS) is 12.4. The molecule has 4 heteroatoms. The van der Waals surface area contributed by atoms with Crippen LogP contribution in [0.15, 0.2) is 18.2 Å². The van der Waals surface area contributed by atoms with Gasteiger partial charge in [-0.05, 0) is 24.0 Å². The van der Waals surface area contributed by atoms with Crippen molar-refractivity contribution >= 4 is 35.6 Å². The monoisotopic (exact) mass is 267 g/mol. The Labute approximate surface area is 107 Å². The first-order valence-corrected chi connectivity index (χ1v) is 5.47. The maximum Gasteiger partial charge on any atom is 0.0640 e. The Morgan fingerprint density at radius 2 is 1.87 bits per heavy atom. The van der Waals surface area contributed by atoms with E-state index in [1.807, 2.05) is 12.1 Å². The first kappa shape index (κ1) is 15.0. The predicted molar refractivity (Wildman–Crippen MR) is 70.1 cm³/mol. The van der Waals surface area contributed by atoms with Crippen LogP contribution in [-0.2, 0) is 0 Å². The van der Waals surface area contributed by atoms with Crippen molar-refractivity contribution in [2.45, 2.75) is 26.3 Å². The Kier molecular flexibility index (Phi) is 6.62. The molecule has 0 saturated heterocycles. The average molecular weight is 269 g/mol. The quantitative estimate of drug-likeness (QED) is 0.860. The highest BCUT2D eigenvalue weighted by Crippen LogP contribution is 2.31. The minimum Gasteiger partial charge on any atom is -0.324 e. The highest BCUT2D eigenvalue weighted by molar-refractivity contribution is 6.42. The molecule has 0 aliphatic rings. The van der Waals surface area contributed by atoms with Gasteiger partial charge in [-0.1, -0.05) is 49.2 Å². The molecule has 0 bridgehead atoms. The lowest BCUT2D eigenvalue weighted by Gasteiger charge is -2.16. The zero-order valence-electron chi connectivity index (χ0n) is 8.84. The molecule has 0 spiro atoms. The summed E-state index contributed by atoms with van der Waals surface area (Å²) in [6.07, 6.45) is 0.917. The average Bonchev–Trinajstić information content (AvgIpc) is 2.08. The van der Waals surface area contributed by atoms with E-state index in [1.165, 1.54) is 0 Å². The molecule has 0 heterocycles. The topological polar surface area (TPSA) is 26.0 Å². The van der Waals surface area contributed by atoms with Gasteiger partial charge in [-0.2, -0.15) is 0 Å². The van der Waals surface area contributed by atoms with Crippen LogP contribution in [0.1, 0.15) is 31.9 Å². The number of halogens is 3. The number of rotatable bonds is 3. The molecule has 2 N–H and O–H groups in total. The largest absolute Gasteiger partial charge is 0.324 e. The molecule has 0 radical (unpaired) electrons. The van der Waals surface area contributed by atoms with Gasteiger partial charge < -0.3 is 5.73 Å². The predicted octanol–water partition coefficient (Wildman–Crippen LogP) is 4.46. The zero-order valence-corrected chi connectivity index (χ0v) is 11.2. The third-order valence-corrected chi connectivity index (χ3v) is 2.94. The lowest BCUT2D eigenvalue weighted by atomic mass is 9.98. The Morgan fingerprint density at radius 3 is 2.40 bits per heavy atom. The summed E-state index contributed by atoms with van der Waals surface area (Å²) in [4.78, 5) is 0. The summed E-state index contributed by atoms with van der Waals surface area (Å²) in [5.41, 5.74) is 6.96. The first-order chi connectivity index (χ1) is 6.52. The molecule has 0 aliphatic heterocycles. The summed E-state index contributed by atoms with van der Waals surface area (Å²) < 4.78 is 0. The fraction of sp³-hybridized carbons (Fsp3) is 0.455. The van der Waals surface area contributed by atoms with E-state index < -0.39 is 0 Å². The summed E-state index contributed by atoms with van der Waals surface area (Å²) in [6.45, 7) is 4.27. The van der Waals surface area contributed by atoms with Crippen LogP contribution in [-0.4, -0.2) is 0 Å². The van der Waals surface area contributed by atoms with Gasteiger partial charge in [-0.3, -0.25) is 0 Å². The molecule has 1 rings (SSSR count). The molecule has 1 aromatic carbocycles. The maximum atomic E-state index is 6.06. The number of hydrogen-bond donors (Lipinski definition) is 1. The zero-order chi connectivity index (χ0) is 10.7. The lowest BCUT2D eigenvalue weighted by Crippen LogP contribution is -2.13. The molecule has 0 aromatic heterocycles. The Bertz CT molecular complexity index is 313. The highest BCUT2D eigenvalue weighted by Gasteiger charge is 2.13. The molecular formula is C11H16Cl3N. The van der Waals surface area contributed by atoms with E-state index in [0.29, 0.717) is 16.0 Å². The van der Waals surface area contributed by atoms with Crippen molar-refractivity contribution in [3.63, 3.8) is 0 Å². The van der Waals surface area contributed by atoms with Crippen molar-refractivity contribution in [3.05, 3.63) is 33.8 Å². The number of hydrogen-bond acceptors (Lipinski definition) is 1. The van der Waals surface area contributed by atoms with Gasteiger partial charge in [-0.25, -0.2) is 0 Å². The van der Waals surface area contributed by atoms with Gasteiger partial charge in [0.2, 0.25) is 0 Å². The van der Waals surface area contributed by atoms with Crippen LogP contribution in [0.3, 0.4) is 0 Å². The summed E-state index contributed by atoms with van der Waals surface area (Å²) in [5.74, 6) is 0.556. The third kappa shape index (κ3) is 4.20. The van der Waals surface area contributed by atoms with E-state index in [9.17, 15) is 0 Å². The Hall–Kier alpha value is 0.0500. The van der Waals surface area contributed by atoms with E-state index in [1.54, 1.807) is 6.07 Å². The minimum atomic E-state index is -0.0267. The van der Waals surface area contributed by atoms with E-state index in [4.69, 9.17) is 28.9 Å². The van der Waals surface area contributed by atoms with Crippen molar-refractivity contribution in [1.82, 2.24) is 0 Å². The van der Waals surface area contributed by atoms with E-state index in [-0.39, 0.29) is 18.4 Å². The number of benzene rings is 1. The third-order valence-electron chi connectivity index (χ3n) is 2.11. The van der Waals surface area contributed by atoms with Gasteiger partial charge in [0.1, 0.15) is 0 Å². The molecule has 0 aliphatic carbocycles. The van der Waals surface area contributed by atoms with Gasteiger partial charge in [-0.15, -0.1) is 12.4 Å².